The summed E-state index contributed by atoms with van der Waals surface area (Å²) in [5.74, 6) is 0.721. The van der Waals surface area contributed by atoms with Crippen LogP contribution in [0.2, 0.25) is 0 Å². The summed E-state index contributed by atoms with van der Waals surface area (Å²) in [4.78, 5) is 2.30. The van der Waals surface area contributed by atoms with Gasteiger partial charge in [-0.2, -0.15) is 0 Å². The Balaban J connectivity index is 1.91. The van der Waals surface area contributed by atoms with Crippen LogP contribution in [0.1, 0.15) is 18.4 Å². The summed E-state index contributed by atoms with van der Waals surface area (Å²) >= 11 is 0. The zero-order chi connectivity index (χ0) is 13.0. The number of hydrogen-bond acceptors (Lipinski definition) is 4. The van der Waals surface area contributed by atoms with E-state index in [1.54, 1.807) is 6.07 Å². The first-order chi connectivity index (χ1) is 8.72. The molecule has 0 aromatic heterocycles. The SMILES string of the molecule is CN(CCOc1ccccc1/C(N)=N/O)C1CC1. The second-order valence-electron chi connectivity index (χ2n) is 4.54. The van der Waals surface area contributed by atoms with Gasteiger partial charge in [0.15, 0.2) is 5.84 Å². The van der Waals surface area contributed by atoms with E-state index in [0.29, 0.717) is 17.9 Å². The van der Waals surface area contributed by atoms with Gasteiger partial charge in [0.05, 0.1) is 5.56 Å². The highest BCUT2D eigenvalue weighted by atomic mass is 16.5. The summed E-state index contributed by atoms with van der Waals surface area (Å²) in [5, 5.41) is 11.7. The Labute approximate surface area is 107 Å². The minimum absolute atomic E-state index is 0.0705. The Hall–Kier alpha value is -1.75. The van der Waals surface area contributed by atoms with Gasteiger partial charge in [0.25, 0.3) is 0 Å². The van der Waals surface area contributed by atoms with Crippen molar-refractivity contribution in [1.29, 1.82) is 0 Å². The van der Waals surface area contributed by atoms with Gasteiger partial charge in [-0.1, -0.05) is 17.3 Å². The molecule has 1 aromatic rings. The number of oxime groups is 1. The highest BCUT2D eigenvalue weighted by Crippen LogP contribution is 2.25. The van der Waals surface area contributed by atoms with E-state index in [1.807, 2.05) is 18.2 Å². The van der Waals surface area contributed by atoms with Crippen molar-refractivity contribution in [3.8, 4) is 5.75 Å². The molecule has 3 N–H and O–H groups in total. The molecule has 0 unspecified atom stereocenters. The molecule has 0 saturated heterocycles. The molecule has 0 radical (unpaired) electrons. The molecule has 1 aliphatic rings. The maximum atomic E-state index is 8.71. The van der Waals surface area contributed by atoms with Crippen molar-refractivity contribution in [3.05, 3.63) is 29.8 Å². The van der Waals surface area contributed by atoms with Crippen LogP contribution in [-0.4, -0.2) is 42.2 Å². The fourth-order valence-electron chi connectivity index (χ4n) is 1.86. The summed E-state index contributed by atoms with van der Waals surface area (Å²) in [6, 6.07) is 8.03. The molecule has 2 rings (SSSR count). The average molecular weight is 249 g/mol. The Bertz CT molecular complexity index is 430. The normalized spacial score (nSPS) is 16.0. The van der Waals surface area contributed by atoms with Crippen LogP contribution in [0.4, 0.5) is 0 Å². The zero-order valence-corrected chi connectivity index (χ0v) is 10.5. The number of ether oxygens (including phenoxy) is 1. The maximum absolute atomic E-state index is 8.71. The number of para-hydroxylation sites is 1. The van der Waals surface area contributed by atoms with E-state index in [-0.39, 0.29) is 5.84 Å². The van der Waals surface area contributed by atoms with Crippen molar-refractivity contribution in [2.24, 2.45) is 10.9 Å². The third-order valence-electron chi connectivity index (χ3n) is 3.14. The number of amidine groups is 1. The summed E-state index contributed by atoms with van der Waals surface area (Å²) in [6.45, 7) is 1.48. The van der Waals surface area contributed by atoms with Gasteiger partial charge in [0.2, 0.25) is 0 Å². The largest absolute Gasteiger partial charge is 0.491 e. The molecule has 0 aliphatic heterocycles. The third kappa shape index (κ3) is 3.13. The highest BCUT2D eigenvalue weighted by Gasteiger charge is 2.25. The fraction of sp³-hybridized carbons (Fsp3) is 0.462. The first-order valence-corrected chi connectivity index (χ1v) is 6.12. The molecule has 5 heteroatoms. The van der Waals surface area contributed by atoms with Crippen molar-refractivity contribution in [1.82, 2.24) is 4.90 Å². The van der Waals surface area contributed by atoms with Crippen LogP contribution in [0.3, 0.4) is 0 Å². The van der Waals surface area contributed by atoms with Crippen LogP contribution in [-0.2, 0) is 0 Å². The lowest BCUT2D eigenvalue weighted by Gasteiger charge is -2.16. The standard InChI is InChI=1S/C13H19N3O2/c1-16(10-6-7-10)8-9-18-12-5-3-2-4-11(12)13(14)15-17/h2-5,10,17H,6-9H2,1H3,(H2,14,15). The highest BCUT2D eigenvalue weighted by molar-refractivity contribution is 5.99. The van der Waals surface area contributed by atoms with Gasteiger partial charge in [0, 0.05) is 12.6 Å². The quantitative estimate of drug-likeness (QED) is 0.344. The molecule has 98 valence electrons. The molecule has 1 fully saturated rings. The maximum Gasteiger partial charge on any atom is 0.173 e. The molecule has 0 amide bonds. The summed E-state index contributed by atoms with van der Waals surface area (Å²) < 4.78 is 5.70. The van der Waals surface area contributed by atoms with Crippen LogP contribution >= 0.6 is 0 Å². The first-order valence-electron chi connectivity index (χ1n) is 6.12. The molecule has 1 aliphatic carbocycles. The summed E-state index contributed by atoms with van der Waals surface area (Å²) in [5.41, 5.74) is 6.21. The van der Waals surface area contributed by atoms with Gasteiger partial charge in [0.1, 0.15) is 12.4 Å². The van der Waals surface area contributed by atoms with E-state index in [2.05, 4.69) is 17.1 Å². The Kier molecular flexibility index (Phi) is 4.04. The molecule has 18 heavy (non-hydrogen) atoms. The Morgan fingerprint density at radius 1 is 1.50 bits per heavy atom. The minimum Gasteiger partial charge on any atom is -0.491 e. The number of rotatable bonds is 6. The van der Waals surface area contributed by atoms with Crippen LogP contribution in [0.25, 0.3) is 0 Å². The van der Waals surface area contributed by atoms with Crippen molar-refractivity contribution in [2.75, 3.05) is 20.2 Å². The van der Waals surface area contributed by atoms with Crippen LogP contribution < -0.4 is 10.5 Å². The predicted molar refractivity (Wildman–Crippen MR) is 70.1 cm³/mol. The minimum atomic E-state index is 0.0705. The second-order valence-corrected chi connectivity index (χ2v) is 4.54. The lowest BCUT2D eigenvalue weighted by atomic mass is 10.2. The molecule has 5 nitrogen and oxygen atoms in total. The van der Waals surface area contributed by atoms with Gasteiger partial charge in [-0.3, -0.25) is 0 Å². The molecule has 1 aromatic carbocycles. The lowest BCUT2D eigenvalue weighted by molar-refractivity contribution is 0.231. The number of nitrogens with zero attached hydrogens (tertiary/aromatic N) is 2. The molecule has 0 spiro atoms. The molecular formula is C13H19N3O2. The third-order valence-corrected chi connectivity index (χ3v) is 3.14. The van der Waals surface area contributed by atoms with E-state index in [4.69, 9.17) is 15.7 Å². The number of nitrogens with two attached hydrogens (primary N) is 1. The van der Waals surface area contributed by atoms with Gasteiger partial charge in [-0.25, -0.2) is 0 Å². The van der Waals surface area contributed by atoms with E-state index in [0.717, 1.165) is 12.6 Å². The Morgan fingerprint density at radius 2 is 2.22 bits per heavy atom. The molecule has 0 atom stereocenters. The van der Waals surface area contributed by atoms with Crippen LogP contribution in [0, 0.1) is 0 Å². The Morgan fingerprint density at radius 3 is 2.89 bits per heavy atom. The topological polar surface area (TPSA) is 71.1 Å². The van der Waals surface area contributed by atoms with Gasteiger partial charge >= 0.3 is 0 Å². The van der Waals surface area contributed by atoms with E-state index in [1.165, 1.54) is 12.8 Å². The van der Waals surface area contributed by atoms with Crippen LogP contribution in [0.5, 0.6) is 5.75 Å². The molecular weight excluding hydrogens is 230 g/mol. The van der Waals surface area contributed by atoms with Crippen molar-refractivity contribution >= 4 is 5.84 Å². The van der Waals surface area contributed by atoms with Crippen molar-refractivity contribution in [2.45, 2.75) is 18.9 Å². The predicted octanol–water partition coefficient (Wildman–Crippen LogP) is 1.25. The monoisotopic (exact) mass is 249 g/mol. The van der Waals surface area contributed by atoms with E-state index >= 15 is 0 Å². The molecule has 0 heterocycles. The molecule has 1 saturated carbocycles. The smallest absolute Gasteiger partial charge is 0.173 e. The fourth-order valence-corrected chi connectivity index (χ4v) is 1.86. The van der Waals surface area contributed by atoms with E-state index < -0.39 is 0 Å². The number of likely N-dealkylation sites (N-methyl/N-ethyl adjacent to an activating group) is 1. The zero-order valence-electron chi connectivity index (χ0n) is 10.5. The van der Waals surface area contributed by atoms with E-state index in [9.17, 15) is 0 Å². The number of benzene rings is 1. The van der Waals surface area contributed by atoms with Gasteiger partial charge in [-0.15, -0.1) is 0 Å². The van der Waals surface area contributed by atoms with Gasteiger partial charge < -0.3 is 20.6 Å². The van der Waals surface area contributed by atoms with Crippen LogP contribution in [0.15, 0.2) is 29.4 Å². The first kappa shape index (κ1) is 12.7. The second kappa shape index (κ2) is 5.73. The summed E-state index contributed by atoms with van der Waals surface area (Å²) in [7, 11) is 2.11. The number of hydrogen-bond donors (Lipinski definition) is 2. The van der Waals surface area contributed by atoms with Gasteiger partial charge in [-0.05, 0) is 32.0 Å². The van der Waals surface area contributed by atoms with Crippen molar-refractivity contribution < 1.29 is 9.94 Å². The summed E-state index contributed by atoms with van der Waals surface area (Å²) in [6.07, 6.45) is 2.58. The van der Waals surface area contributed by atoms with Crippen molar-refractivity contribution in [3.63, 3.8) is 0 Å². The average Bonchev–Trinajstić information content (AvgIpc) is 3.22. The lowest BCUT2D eigenvalue weighted by Crippen LogP contribution is -2.26. The molecule has 0 bridgehead atoms.